The Morgan fingerprint density at radius 3 is 2.59 bits per heavy atom. The topological polar surface area (TPSA) is 50.7 Å². The minimum absolute atomic E-state index is 0.0959. The van der Waals surface area contributed by atoms with E-state index in [1.807, 2.05) is 32.9 Å². The van der Waals surface area contributed by atoms with Gasteiger partial charge in [-0.1, -0.05) is 11.6 Å². The van der Waals surface area contributed by atoms with E-state index < -0.39 is 0 Å². The summed E-state index contributed by atoms with van der Waals surface area (Å²) in [5.74, 6) is 0.308. The van der Waals surface area contributed by atoms with Crippen LogP contribution in [-0.2, 0) is 4.79 Å². The number of thiophene rings is 1. The fraction of sp³-hybridized carbons (Fsp3) is 0.250. The van der Waals surface area contributed by atoms with Gasteiger partial charge in [0, 0.05) is 14.8 Å². The lowest BCUT2D eigenvalue weighted by Crippen LogP contribution is -2.24. The van der Waals surface area contributed by atoms with Crippen molar-refractivity contribution >= 4 is 35.1 Å². The fourth-order valence-electron chi connectivity index (χ4n) is 1.86. The Hall–Kier alpha value is -1.85. The molecule has 2 rings (SSSR count). The van der Waals surface area contributed by atoms with Gasteiger partial charge in [-0.15, -0.1) is 11.3 Å². The maximum atomic E-state index is 11.7. The maximum Gasteiger partial charge on any atom is 0.277 e. The summed E-state index contributed by atoms with van der Waals surface area (Å²) in [5, 5.41) is 4.62. The summed E-state index contributed by atoms with van der Waals surface area (Å²) in [6.45, 7) is 5.72. The van der Waals surface area contributed by atoms with Crippen molar-refractivity contribution in [3.8, 4) is 5.75 Å². The van der Waals surface area contributed by atoms with Gasteiger partial charge in [-0.2, -0.15) is 5.10 Å². The van der Waals surface area contributed by atoms with Gasteiger partial charge in [0.25, 0.3) is 5.91 Å². The first kappa shape index (κ1) is 16.5. The minimum Gasteiger partial charge on any atom is -0.484 e. The Morgan fingerprint density at radius 1 is 1.32 bits per heavy atom. The van der Waals surface area contributed by atoms with Crippen LogP contribution in [0.1, 0.15) is 20.9 Å². The van der Waals surface area contributed by atoms with Gasteiger partial charge in [0.1, 0.15) is 5.75 Å². The van der Waals surface area contributed by atoms with Gasteiger partial charge in [0.05, 0.1) is 6.21 Å². The van der Waals surface area contributed by atoms with Gasteiger partial charge in [-0.3, -0.25) is 4.79 Å². The van der Waals surface area contributed by atoms with Crippen LogP contribution in [0.25, 0.3) is 0 Å². The molecular formula is C16H17ClN2O2S. The molecule has 4 nitrogen and oxygen atoms in total. The first-order valence-corrected chi connectivity index (χ1v) is 7.93. The second kappa shape index (κ2) is 7.42. The zero-order chi connectivity index (χ0) is 16.1. The minimum atomic E-state index is -0.310. The number of nitrogens with one attached hydrogen (secondary N) is 1. The number of carbonyl (C=O) groups is 1. The number of benzene rings is 1. The lowest BCUT2D eigenvalue weighted by atomic mass is 10.1. The van der Waals surface area contributed by atoms with Gasteiger partial charge < -0.3 is 4.74 Å². The molecule has 0 aliphatic heterocycles. The van der Waals surface area contributed by atoms with Crippen LogP contribution in [0.15, 0.2) is 29.4 Å². The molecule has 0 bridgehead atoms. The van der Waals surface area contributed by atoms with E-state index in [2.05, 4.69) is 10.5 Å². The highest BCUT2D eigenvalue weighted by Gasteiger charge is 2.06. The Bertz CT molecular complexity index is 687. The van der Waals surface area contributed by atoms with Gasteiger partial charge in [0.2, 0.25) is 0 Å². The number of nitrogens with zero attached hydrogens (tertiary/aromatic N) is 1. The third-order valence-corrected chi connectivity index (χ3v) is 4.45. The lowest BCUT2D eigenvalue weighted by Gasteiger charge is -2.09. The van der Waals surface area contributed by atoms with Crippen LogP contribution in [0.5, 0.6) is 5.75 Å². The molecule has 22 heavy (non-hydrogen) atoms. The van der Waals surface area contributed by atoms with Gasteiger partial charge in [-0.05, 0) is 56.2 Å². The molecule has 0 saturated heterocycles. The molecular weight excluding hydrogens is 320 g/mol. The van der Waals surface area contributed by atoms with Crippen molar-refractivity contribution in [3.63, 3.8) is 0 Å². The first-order valence-electron chi connectivity index (χ1n) is 6.73. The standard InChI is InChI=1S/C16H17ClN2O2S/c1-10-6-13(7-11(2)16(10)17)21-9-15(20)19-18-8-14-5-4-12(3)22-14/h4-8H,9H2,1-3H3,(H,19,20)/b18-8-. The monoisotopic (exact) mass is 336 g/mol. The quantitative estimate of drug-likeness (QED) is 0.666. The van der Waals surface area contributed by atoms with E-state index in [4.69, 9.17) is 16.3 Å². The van der Waals surface area contributed by atoms with Crippen molar-refractivity contribution in [2.24, 2.45) is 5.10 Å². The molecule has 1 N–H and O–H groups in total. The lowest BCUT2D eigenvalue weighted by molar-refractivity contribution is -0.123. The molecule has 0 spiro atoms. The molecule has 1 aromatic heterocycles. The van der Waals surface area contributed by atoms with Crippen molar-refractivity contribution in [2.45, 2.75) is 20.8 Å². The van der Waals surface area contributed by atoms with Crippen molar-refractivity contribution < 1.29 is 9.53 Å². The van der Waals surface area contributed by atoms with Gasteiger partial charge in [0.15, 0.2) is 6.61 Å². The Balaban J connectivity index is 1.84. The van der Waals surface area contributed by atoms with Crippen LogP contribution in [0, 0.1) is 20.8 Å². The largest absolute Gasteiger partial charge is 0.484 e. The predicted molar refractivity (Wildman–Crippen MR) is 91.2 cm³/mol. The fourth-order valence-corrected chi connectivity index (χ4v) is 2.72. The van der Waals surface area contributed by atoms with E-state index in [0.717, 1.165) is 16.0 Å². The van der Waals surface area contributed by atoms with E-state index in [9.17, 15) is 4.79 Å². The highest BCUT2D eigenvalue weighted by molar-refractivity contribution is 7.13. The average molecular weight is 337 g/mol. The molecule has 0 fully saturated rings. The number of aryl methyl sites for hydroxylation is 3. The van der Waals surface area contributed by atoms with Crippen molar-refractivity contribution in [3.05, 3.63) is 50.2 Å². The number of rotatable bonds is 5. The highest BCUT2D eigenvalue weighted by atomic mass is 35.5. The van der Waals surface area contributed by atoms with Crippen LogP contribution < -0.4 is 10.2 Å². The molecule has 0 radical (unpaired) electrons. The Kier molecular flexibility index (Phi) is 5.57. The maximum absolute atomic E-state index is 11.7. The smallest absolute Gasteiger partial charge is 0.277 e. The van der Waals surface area contributed by atoms with Crippen LogP contribution in [0.4, 0.5) is 0 Å². The predicted octanol–water partition coefficient (Wildman–Crippen LogP) is 3.86. The second-order valence-corrected chi connectivity index (χ2v) is 6.60. The van der Waals surface area contributed by atoms with E-state index >= 15 is 0 Å². The van der Waals surface area contributed by atoms with Gasteiger partial charge >= 0.3 is 0 Å². The summed E-state index contributed by atoms with van der Waals surface area (Å²) in [7, 11) is 0. The number of hydrogen-bond acceptors (Lipinski definition) is 4. The zero-order valence-electron chi connectivity index (χ0n) is 12.6. The molecule has 116 valence electrons. The van der Waals surface area contributed by atoms with Crippen molar-refractivity contribution in [2.75, 3.05) is 6.61 Å². The third kappa shape index (κ3) is 4.58. The van der Waals surface area contributed by atoms with Crippen LogP contribution >= 0.6 is 22.9 Å². The Morgan fingerprint density at radius 2 is 2.00 bits per heavy atom. The van der Waals surface area contributed by atoms with E-state index in [-0.39, 0.29) is 12.5 Å². The summed E-state index contributed by atoms with van der Waals surface area (Å²) in [6.07, 6.45) is 1.62. The molecule has 0 saturated carbocycles. The summed E-state index contributed by atoms with van der Waals surface area (Å²) >= 11 is 7.70. The number of ether oxygens (including phenoxy) is 1. The third-order valence-electron chi connectivity index (χ3n) is 2.92. The highest BCUT2D eigenvalue weighted by Crippen LogP contribution is 2.25. The van der Waals surface area contributed by atoms with E-state index in [1.54, 1.807) is 29.7 Å². The number of hydrogen-bond donors (Lipinski definition) is 1. The molecule has 0 aliphatic rings. The van der Waals surface area contributed by atoms with Crippen LogP contribution in [0.3, 0.4) is 0 Å². The number of carbonyl (C=O) groups excluding carboxylic acids is 1. The summed E-state index contributed by atoms with van der Waals surface area (Å²) < 4.78 is 5.45. The van der Waals surface area contributed by atoms with E-state index in [0.29, 0.717) is 10.8 Å². The number of halogens is 1. The summed E-state index contributed by atoms with van der Waals surface area (Å²) in [5.41, 5.74) is 4.28. The normalized spacial score (nSPS) is 10.9. The van der Waals surface area contributed by atoms with Crippen LogP contribution in [-0.4, -0.2) is 18.7 Å². The van der Waals surface area contributed by atoms with E-state index in [1.165, 1.54) is 4.88 Å². The number of amides is 1. The first-order chi connectivity index (χ1) is 10.5. The molecule has 0 unspecified atom stereocenters. The SMILES string of the molecule is Cc1ccc(/C=N\NC(=O)COc2cc(C)c(Cl)c(C)c2)s1. The van der Waals surface area contributed by atoms with Crippen molar-refractivity contribution in [1.82, 2.24) is 5.43 Å². The molecule has 1 aromatic carbocycles. The summed E-state index contributed by atoms with van der Waals surface area (Å²) in [4.78, 5) is 13.9. The number of hydrazone groups is 1. The molecule has 1 heterocycles. The Labute approximate surface area is 138 Å². The van der Waals surface area contributed by atoms with Gasteiger partial charge in [-0.25, -0.2) is 5.43 Å². The van der Waals surface area contributed by atoms with Crippen molar-refractivity contribution in [1.29, 1.82) is 0 Å². The molecule has 6 heteroatoms. The second-order valence-electron chi connectivity index (χ2n) is 4.90. The summed E-state index contributed by atoms with van der Waals surface area (Å²) in [6, 6.07) is 7.56. The molecule has 0 atom stereocenters. The molecule has 1 amide bonds. The average Bonchev–Trinajstić information content (AvgIpc) is 2.88. The zero-order valence-corrected chi connectivity index (χ0v) is 14.2. The molecule has 2 aromatic rings. The van der Waals surface area contributed by atoms with Crippen LogP contribution in [0.2, 0.25) is 5.02 Å². The molecule has 0 aliphatic carbocycles.